The van der Waals surface area contributed by atoms with Crippen LogP contribution in [0, 0.1) is 17.2 Å². The number of aliphatic carboxylic acids is 1. The summed E-state index contributed by atoms with van der Waals surface area (Å²) in [6.45, 7) is 0. The highest BCUT2D eigenvalue weighted by molar-refractivity contribution is 9.10. The van der Waals surface area contributed by atoms with Crippen LogP contribution < -0.4 is 5.32 Å². The second-order valence-corrected chi connectivity index (χ2v) is 4.93. The number of hydrogen-bond acceptors (Lipinski definition) is 3. The zero-order valence-corrected chi connectivity index (χ0v) is 10.6. The van der Waals surface area contributed by atoms with Gasteiger partial charge in [0.25, 0.3) is 0 Å². The molecule has 4 nitrogen and oxygen atoms in total. The van der Waals surface area contributed by atoms with Crippen molar-refractivity contribution in [2.45, 2.75) is 18.9 Å². The summed E-state index contributed by atoms with van der Waals surface area (Å²) in [5.41, 5.74) is 1.01. The normalized spacial score (nSPS) is 16.0. The van der Waals surface area contributed by atoms with Gasteiger partial charge >= 0.3 is 5.97 Å². The average molecular weight is 295 g/mol. The summed E-state index contributed by atoms with van der Waals surface area (Å²) in [5.74, 6) is -0.686. The third kappa shape index (κ3) is 2.59. The summed E-state index contributed by atoms with van der Waals surface area (Å²) in [5, 5.41) is 21.1. The number of carboxylic acid groups (broad SMARTS) is 1. The Morgan fingerprint density at radius 1 is 1.59 bits per heavy atom. The molecule has 0 heterocycles. The number of anilines is 1. The second kappa shape index (κ2) is 4.76. The molecule has 0 saturated heterocycles. The van der Waals surface area contributed by atoms with E-state index in [9.17, 15) is 4.79 Å². The highest BCUT2D eigenvalue weighted by Crippen LogP contribution is 2.35. The van der Waals surface area contributed by atoms with Crippen molar-refractivity contribution < 1.29 is 9.90 Å². The minimum Gasteiger partial charge on any atom is -0.480 e. The molecule has 1 atom stereocenters. The van der Waals surface area contributed by atoms with Crippen LogP contribution >= 0.6 is 15.9 Å². The van der Waals surface area contributed by atoms with Crippen molar-refractivity contribution in [3.8, 4) is 6.07 Å². The van der Waals surface area contributed by atoms with Crippen LogP contribution in [0.15, 0.2) is 22.7 Å². The molecule has 1 fully saturated rings. The largest absolute Gasteiger partial charge is 0.480 e. The maximum atomic E-state index is 11.1. The Labute approximate surface area is 107 Å². The van der Waals surface area contributed by atoms with Crippen molar-refractivity contribution in [2.24, 2.45) is 5.92 Å². The van der Waals surface area contributed by atoms with E-state index >= 15 is 0 Å². The lowest BCUT2D eigenvalue weighted by Gasteiger charge is -2.16. The lowest BCUT2D eigenvalue weighted by Crippen LogP contribution is -2.31. The van der Waals surface area contributed by atoms with Crippen LogP contribution in [0.4, 0.5) is 5.69 Å². The van der Waals surface area contributed by atoms with E-state index < -0.39 is 12.0 Å². The molecule has 1 aromatic rings. The number of hydrogen-bond donors (Lipinski definition) is 2. The first-order valence-electron chi connectivity index (χ1n) is 5.31. The Morgan fingerprint density at radius 3 is 2.82 bits per heavy atom. The molecular formula is C12H11BrN2O2. The van der Waals surface area contributed by atoms with Gasteiger partial charge in [0.1, 0.15) is 12.1 Å². The zero-order valence-electron chi connectivity index (χ0n) is 8.98. The number of nitrogens with one attached hydrogen (secondary N) is 1. The van der Waals surface area contributed by atoms with E-state index in [-0.39, 0.29) is 5.92 Å². The molecule has 0 radical (unpaired) electrons. The van der Waals surface area contributed by atoms with Crippen molar-refractivity contribution >= 4 is 27.6 Å². The lowest BCUT2D eigenvalue weighted by atomic mass is 10.1. The van der Waals surface area contributed by atoms with Gasteiger partial charge in [-0.15, -0.1) is 0 Å². The molecular weight excluding hydrogens is 284 g/mol. The Bertz CT molecular complexity index is 492. The van der Waals surface area contributed by atoms with Gasteiger partial charge in [0, 0.05) is 4.47 Å². The van der Waals surface area contributed by atoms with Gasteiger partial charge in [0.05, 0.1) is 11.3 Å². The third-order valence-electron chi connectivity index (χ3n) is 2.80. The topological polar surface area (TPSA) is 73.1 Å². The number of nitriles is 1. The average Bonchev–Trinajstić information content (AvgIpc) is 3.09. The monoisotopic (exact) mass is 294 g/mol. The van der Waals surface area contributed by atoms with Crippen LogP contribution in [0.3, 0.4) is 0 Å². The number of carboxylic acids is 1. The Kier molecular flexibility index (Phi) is 3.34. The molecule has 5 heteroatoms. The number of nitrogens with zero attached hydrogens (tertiary/aromatic N) is 1. The predicted octanol–water partition coefficient (Wildman–Crippen LogP) is 2.60. The highest BCUT2D eigenvalue weighted by Gasteiger charge is 2.36. The molecule has 1 unspecified atom stereocenters. The summed E-state index contributed by atoms with van der Waals surface area (Å²) < 4.78 is 0.671. The van der Waals surface area contributed by atoms with Gasteiger partial charge in [-0.25, -0.2) is 4.79 Å². The van der Waals surface area contributed by atoms with E-state index in [0.717, 1.165) is 12.8 Å². The quantitative estimate of drug-likeness (QED) is 0.895. The number of benzene rings is 1. The fourth-order valence-electron chi connectivity index (χ4n) is 1.74. The van der Waals surface area contributed by atoms with E-state index in [1.165, 1.54) is 0 Å². The lowest BCUT2D eigenvalue weighted by molar-refractivity contribution is -0.138. The van der Waals surface area contributed by atoms with E-state index in [0.29, 0.717) is 15.7 Å². The van der Waals surface area contributed by atoms with Gasteiger partial charge in [-0.1, -0.05) is 6.07 Å². The summed E-state index contributed by atoms with van der Waals surface area (Å²) in [6, 6.07) is 6.73. The smallest absolute Gasteiger partial charge is 0.326 e. The summed E-state index contributed by atoms with van der Waals surface area (Å²) in [6.07, 6.45) is 1.86. The maximum absolute atomic E-state index is 11.1. The molecule has 1 saturated carbocycles. The number of carbonyl (C=O) groups is 1. The standard InChI is InChI=1S/C12H11BrN2O2/c13-9-2-1-3-10(8(9)6-14)15-11(12(16)17)7-4-5-7/h1-3,7,11,15H,4-5H2,(H,16,17). The first-order chi connectivity index (χ1) is 8.13. The summed E-state index contributed by atoms with van der Waals surface area (Å²) in [7, 11) is 0. The maximum Gasteiger partial charge on any atom is 0.326 e. The van der Waals surface area contributed by atoms with Crippen molar-refractivity contribution in [3.63, 3.8) is 0 Å². The number of halogens is 1. The fourth-order valence-corrected chi connectivity index (χ4v) is 2.19. The molecule has 2 rings (SSSR count). The minimum atomic E-state index is -0.864. The van der Waals surface area contributed by atoms with Crippen LogP contribution in [0.1, 0.15) is 18.4 Å². The zero-order chi connectivity index (χ0) is 12.4. The molecule has 2 N–H and O–H groups in total. The van der Waals surface area contributed by atoms with Crippen molar-refractivity contribution in [3.05, 3.63) is 28.2 Å². The van der Waals surface area contributed by atoms with E-state index in [2.05, 4.69) is 27.3 Å². The van der Waals surface area contributed by atoms with Crippen molar-refractivity contribution in [1.82, 2.24) is 0 Å². The molecule has 0 aliphatic heterocycles. The van der Waals surface area contributed by atoms with E-state index in [1.807, 2.05) is 0 Å². The minimum absolute atomic E-state index is 0.179. The van der Waals surface area contributed by atoms with Crippen LogP contribution in [0.25, 0.3) is 0 Å². The van der Waals surface area contributed by atoms with Crippen molar-refractivity contribution in [2.75, 3.05) is 5.32 Å². The van der Waals surface area contributed by atoms with Crippen LogP contribution in [-0.2, 0) is 4.79 Å². The molecule has 1 aliphatic carbocycles. The van der Waals surface area contributed by atoms with Crippen molar-refractivity contribution in [1.29, 1.82) is 5.26 Å². The molecule has 17 heavy (non-hydrogen) atoms. The molecule has 0 aromatic heterocycles. The van der Waals surface area contributed by atoms with Gasteiger partial charge < -0.3 is 10.4 Å². The molecule has 88 valence electrons. The summed E-state index contributed by atoms with van der Waals surface area (Å²) >= 11 is 3.28. The molecule has 1 aromatic carbocycles. The van der Waals surface area contributed by atoms with Crippen LogP contribution in [0.2, 0.25) is 0 Å². The van der Waals surface area contributed by atoms with Gasteiger partial charge in [-0.2, -0.15) is 5.26 Å². The predicted molar refractivity (Wildman–Crippen MR) is 66.6 cm³/mol. The van der Waals surface area contributed by atoms with E-state index in [4.69, 9.17) is 10.4 Å². The fraction of sp³-hybridized carbons (Fsp3) is 0.333. The van der Waals surface area contributed by atoms with Gasteiger partial charge in [0.2, 0.25) is 0 Å². The SMILES string of the molecule is N#Cc1c(Br)cccc1NC(C(=O)O)C1CC1. The Hall–Kier alpha value is -1.54. The molecule has 0 bridgehead atoms. The first kappa shape index (κ1) is 11.9. The molecule has 0 amide bonds. The molecule has 0 spiro atoms. The van der Waals surface area contributed by atoms with Crippen LogP contribution in [-0.4, -0.2) is 17.1 Å². The highest BCUT2D eigenvalue weighted by atomic mass is 79.9. The van der Waals surface area contributed by atoms with Crippen LogP contribution in [0.5, 0.6) is 0 Å². The van der Waals surface area contributed by atoms with Gasteiger partial charge in [-0.3, -0.25) is 0 Å². The Morgan fingerprint density at radius 2 is 2.29 bits per heavy atom. The second-order valence-electron chi connectivity index (χ2n) is 4.07. The summed E-state index contributed by atoms with van der Waals surface area (Å²) in [4.78, 5) is 11.1. The third-order valence-corrected chi connectivity index (χ3v) is 3.46. The molecule has 1 aliphatic rings. The van der Waals surface area contributed by atoms with Gasteiger partial charge in [-0.05, 0) is 46.8 Å². The first-order valence-corrected chi connectivity index (χ1v) is 6.10. The Balaban J connectivity index is 2.26. The number of rotatable bonds is 4. The van der Waals surface area contributed by atoms with E-state index in [1.54, 1.807) is 18.2 Å². The van der Waals surface area contributed by atoms with Gasteiger partial charge in [0.15, 0.2) is 0 Å².